The van der Waals surface area contributed by atoms with Gasteiger partial charge in [-0.3, -0.25) is 4.79 Å². The van der Waals surface area contributed by atoms with E-state index in [1.54, 1.807) is 0 Å². The van der Waals surface area contributed by atoms with Gasteiger partial charge in [0.25, 0.3) is 0 Å². The smallest absolute Gasteiger partial charge is 0.328 e. The van der Waals surface area contributed by atoms with Gasteiger partial charge in [0.15, 0.2) is 12.1 Å². The summed E-state index contributed by atoms with van der Waals surface area (Å²) in [4.78, 5) is 32.8. The number of nitroso groups, excluding NO2 is 1. The summed E-state index contributed by atoms with van der Waals surface area (Å²) in [6.45, 7) is 4.87. The summed E-state index contributed by atoms with van der Waals surface area (Å²) in [5, 5.41) is 22.7. The molecule has 0 radical (unpaired) electrons. The first-order valence-electron chi connectivity index (χ1n) is 5.33. The van der Waals surface area contributed by atoms with E-state index >= 15 is 0 Å². The summed E-state index contributed by atoms with van der Waals surface area (Å²) in [6, 6.07) is -2.56. The van der Waals surface area contributed by atoms with Crippen LogP contribution in [-0.2, 0) is 9.59 Å². The molecular weight excluding hydrogens is 228 g/mol. The lowest BCUT2D eigenvalue weighted by atomic mass is 10.0. The molecule has 0 heterocycles. The Kier molecular flexibility index (Phi) is 6.34. The van der Waals surface area contributed by atoms with Gasteiger partial charge in [-0.05, 0) is 19.3 Å². The SMILES string of the molecule is CC(C)C[C@H](N=O)C(=O)N[C@H](C(=O)O)[C@@H](C)O. The zero-order valence-electron chi connectivity index (χ0n) is 10.1. The molecule has 0 unspecified atom stereocenters. The summed E-state index contributed by atoms with van der Waals surface area (Å²) in [7, 11) is 0. The molecule has 0 aliphatic rings. The van der Waals surface area contributed by atoms with Crippen LogP contribution in [-0.4, -0.2) is 40.3 Å². The number of carboxylic acids is 1. The van der Waals surface area contributed by atoms with Crippen LogP contribution in [0.25, 0.3) is 0 Å². The first-order valence-corrected chi connectivity index (χ1v) is 5.33. The molecule has 0 aromatic rings. The fourth-order valence-corrected chi connectivity index (χ4v) is 1.28. The van der Waals surface area contributed by atoms with E-state index in [0.717, 1.165) is 0 Å². The molecule has 98 valence electrons. The summed E-state index contributed by atoms with van der Waals surface area (Å²) in [5.41, 5.74) is 0. The minimum Gasteiger partial charge on any atom is -0.480 e. The largest absolute Gasteiger partial charge is 0.480 e. The van der Waals surface area contributed by atoms with Crippen molar-refractivity contribution in [2.24, 2.45) is 11.1 Å². The molecule has 1 amide bonds. The summed E-state index contributed by atoms with van der Waals surface area (Å²) < 4.78 is 0. The second kappa shape index (κ2) is 6.95. The minimum atomic E-state index is -1.43. The fourth-order valence-electron chi connectivity index (χ4n) is 1.28. The van der Waals surface area contributed by atoms with Gasteiger partial charge < -0.3 is 15.5 Å². The molecule has 0 saturated carbocycles. The van der Waals surface area contributed by atoms with E-state index in [1.807, 2.05) is 13.8 Å². The highest BCUT2D eigenvalue weighted by Crippen LogP contribution is 2.08. The third-order valence-electron chi connectivity index (χ3n) is 2.17. The average molecular weight is 246 g/mol. The molecule has 0 aromatic carbocycles. The van der Waals surface area contributed by atoms with Gasteiger partial charge in [0.2, 0.25) is 5.91 Å². The van der Waals surface area contributed by atoms with Crippen molar-refractivity contribution in [3.05, 3.63) is 4.91 Å². The van der Waals surface area contributed by atoms with Gasteiger partial charge in [0, 0.05) is 0 Å². The number of amides is 1. The molecule has 7 heteroatoms. The van der Waals surface area contributed by atoms with E-state index in [1.165, 1.54) is 6.92 Å². The maximum Gasteiger partial charge on any atom is 0.328 e. The monoisotopic (exact) mass is 246 g/mol. The quantitative estimate of drug-likeness (QED) is 0.551. The normalized spacial score (nSPS) is 16.1. The predicted octanol–water partition coefficient (Wildman–Crippen LogP) is 0.118. The van der Waals surface area contributed by atoms with Gasteiger partial charge >= 0.3 is 5.97 Å². The topological polar surface area (TPSA) is 116 Å². The van der Waals surface area contributed by atoms with Crippen LogP contribution in [0.2, 0.25) is 0 Å². The van der Waals surface area contributed by atoms with Crippen molar-refractivity contribution in [3.8, 4) is 0 Å². The Morgan fingerprint density at radius 3 is 2.12 bits per heavy atom. The van der Waals surface area contributed by atoms with Crippen molar-refractivity contribution in [2.45, 2.75) is 45.4 Å². The van der Waals surface area contributed by atoms with Crippen LogP contribution in [0.4, 0.5) is 0 Å². The standard InChI is InChI=1S/C10H18N2O5/c1-5(2)4-7(12-17)9(14)11-8(6(3)13)10(15)16/h5-8,13H,4H2,1-3H3,(H,11,14)(H,15,16)/t6-,7+,8+/m1/s1. The van der Waals surface area contributed by atoms with Gasteiger partial charge in [0.1, 0.15) is 0 Å². The third-order valence-corrected chi connectivity index (χ3v) is 2.17. The highest BCUT2D eigenvalue weighted by molar-refractivity contribution is 5.87. The lowest BCUT2D eigenvalue weighted by molar-refractivity contribution is -0.145. The van der Waals surface area contributed by atoms with Gasteiger partial charge in [-0.25, -0.2) is 4.79 Å². The van der Waals surface area contributed by atoms with Crippen molar-refractivity contribution in [1.82, 2.24) is 5.32 Å². The van der Waals surface area contributed by atoms with Crippen molar-refractivity contribution in [2.75, 3.05) is 0 Å². The summed E-state index contributed by atoms with van der Waals surface area (Å²) >= 11 is 0. The maximum absolute atomic E-state index is 11.5. The number of carboxylic acid groups (broad SMARTS) is 1. The number of aliphatic hydroxyl groups is 1. The third kappa shape index (κ3) is 5.39. The zero-order chi connectivity index (χ0) is 13.6. The second-order valence-electron chi connectivity index (χ2n) is 4.32. The average Bonchev–Trinajstić information content (AvgIpc) is 2.20. The molecule has 0 rings (SSSR count). The van der Waals surface area contributed by atoms with Crippen LogP contribution in [0.1, 0.15) is 27.2 Å². The Balaban J connectivity index is 4.57. The molecular formula is C10H18N2O5. The number of nitrogens with zero attached hydrogens (tertiary/aromatic N) is 1. The van der Waals surface area contributed by atoms with Crippen LogP contribution in [0.5, 0.6) is 0 Å². The van der Waals surface area contributed by atoms with Crippen LogP contribution < -0.4 is 5.32 Å². The van der Waals surface area contributed by atoms with E-state index in [0.29, 0.717) is 0 Å². The number of hydrogen-bond donors (Lipinski definition) is 3. The van der Waals surface area contributed by atoms with E-state index in [9.17, 15) is 14.5 Å². The molecule has 0 aliphatic heterocycles. The Morgan fingerprint density at radius 2 is 1.82 bits per heavy atom. The van der Waals surface area contributed by atoms with E-state index in [2.05, 4.69) is 10.5 Å². The van der Waals surface area contributed by atoms with Gasteiger partial charge in [-0.15, -0.1) is 4.91 Å². The molecule has 0 saturated heterocycles. The number of aliphatic hydroxyl groups excluding tert-OH is 1. The van der Waals surface area contributed by atoms with Gasteiger partial charge in [0.05, 0.1) is 6.10 Å². The summed E-state index contributed by atoms with van der Waals surface area (Å²) in [5.74, 6) is -2.05. The highest BCUT2D eigenvalue weighted by Gasteiger charge is 2.29. The van der Waals surface area contributed by atoms with Crippen LogP contribution >= 0.6 is 0 Å². The summed E-state index contributed by atoms with van der Waals surface area (Å²) in [6.07, 6.45) is -1.01. The lowest BCUT2D eigenvalue weighted by Gasteiger charge is -2.19. The van der Waals surface area contributed by atoms with Crippen molar-refractivity contribution < 1.29 is 19.8 Å². The first-order chi connectivity index (χ1) is 7.79. The number of nitrogens with one attached hydrogen (secondary N) is 1. The number of carbonyl (C=O) groups excluding carboxylic acids is 1. The molecule has 7 nitrogen and oxygen atoms in total. The first kappa shape index (κ1) is 15.5. The molecule has 3 N–H and O–H groups in total. The van der Waals surface area contributed by atoms with Crippen molar-refractivity contribution in [1.29, 1.82) is 0 Å². The van der Waals surface area contributed by atoms with E-state index < -0.39 is 30.1 Å². The van der Waals surface area contributed by atoms with E-state index in [-0.39, 0.29) is 12.3 Å². The van der Waals surface area contributed by atoms with Gasteiger partial charge in [-0.1, -0.05) is 19.0 Å². The number of rotatable bonds is 7. The Hall–Kier alpha value is -1.50. The van der Waals surface area contributed by atoms with Gasteiger partial charge in [-0.2, -0.15) is 0 Å². The van der Waals surface area contributed by atoms with Crippen LogP contribution in [0, 0.1) is 10.8 Å². The van der Waals surface area contributed by atoms with Crippen molar-refractivity contribution in [3.63, 3.8) is 0 Å². The minimum absolute atomic E-state index is 0.0817. The molecule has 17 heavy (non-hydrogen) atoms. The number of aliphatic carboxylic acids is 1. The predicted molar refractivity (Wildman–Crippen MR) is 60.3 cm³/mol. The Morgan fingerprint density at radius 1 is 1.29 bits per heavy atom. The zero-order valence-corrected chi connectivity index (χ0v) is 10.1. The Bertz CT molecular complexity index is 290. The van der Waals surface area contributed by atoms with E-state index in [4.69, 9.17) is 10.2 Å². The molecule has 0 aromatic heterocycles. The van der Waals surface area contributed by atoms with Crippen LogP contribution in [0.3, 0.4) is 0 Å². The number of hydrogen-bond acceptors (Lipinski definition) is 5. The second-order valence-corrected chi connectivity index (χ2v) is 4.32. The number of carbonyl (C=O) groups is 2. The maximum atomic E-state index is 11.5. The molecule has 3 atom stereocenters. The van der Waals surface area contributed by atoms with Crippen LogP contribution in [0.15, 0.2) is 5.18 Å². The lowest BCUT2D eigenvalue weighted by Crippen LogP contribution is -2.50. The molecule has 0 bridgehead atoms. The Labute approximate surface area is 99.2 Å². The highest BCUT2D eigenvalue weighted by atomic mass is 16.4. The molecule has 0 aliphatic carbocycles. The molecule has 0 spiro atoms. The van der Waals surface area contributed by atoms with Crippen molar-refractivity contribution >= 4 is 11.9 Å². The fraction of sp³-hybridized carbons (Fsp3) is 0.800. The molecule has 0 fully saturated rings.